The number of nitrogens with one attached hydrogen (secondary N) is 1. The van der Waals surface area contributed by atoms with Crippen molar-refractivity contribution >= 4 is 16.9 Å². The van der Waals surface area contributed by atoms with E-state index in [4.69, 9.17) is 9.72 Å². The summed E-state index contributed by atoms with van der Waals surface area (Å²) in [6.07, 6.45) is 11.7. The van der Waals surface area contributed by atoms with Crippen LogP contribution in [0.5, 0.6) is 5.75 Å². The fourth-order valence-corrected chi connectivity index (χ4v) is 5.95. The topological polar surface area (TPSA) is 56.2 Å². The summed E-state index contributed by atoms with van der Waals surface area (Å²) in [4.78, 5) is 19.1. The zero-order valence-electron chi connectivity index (χ0n) is 21.7. The van der Waals surface area contributed by atoms with E-state index in [9.17, 15) is 4.79 Å². The molecule has 35 heavy (non-hydrogen) atoms. The number of benzene rings is 2. The molecule has 0 spiro atoms. The predicted molar refractivity (Wildman–Crippen MR) is 138 cm³/mol. The molecule has 2 aliphatic rings. The lowest BCUT2D eigenvalue weighted by atomic mass is 9.82. The van der Waals surface area contributed by atoms with Crippen molar-refractivity contribution in [3.63, 3.8) is 0 Å². The molecule has 2 saturated carbocycles. The second-order valence-electron chi connectivity index (χ2n) is 9.94. The van der Waals surface area contributed by atoms with Crippen molar-refractivity contribution in [3.8, 4) is 17.1 Å². The Labute approximate surface area is 216 Å². The summed E-state index contributed by atoms with van der Waals surface area (Å²) in [5, 5.41) is 3.47. The number of hydrogen-bond acceptors (Lipinski definition) is 3. The standard InChI is InChI=1S/C29H37N3O2.ClH/c1-2-34-24-17-11-14-22(20-24)28-31-25-18-9-10-19-26(25)32(28)27(21-12-5-3-6-13-21)29(33)30-23-15-7-4-8-16-23;/h9-11,14,17-21,23,27H,2-8,12-13,15-16H2,1H3,(H,30,33);1H. The van der Waals surface area contributed by atoms with E-state index < -0.39 is 0 Å². The first kappa shape index (κ1) is 25.6. The highest BCUT2D eigenvalue weighted by Crippen LogP contribution is 2.39. The molecule has 1 atom stereocenters. The zero-order valence-corrected chi connectivity index (χ0v) is 21.5. The minimum atomic E-state index is -0.250. The lowest BCUT2D eigenvalue weighted by Gasteiger charge is -2.33. The number of carbonyl (C=O) groups excluding carboxylic acids is 1. The van der Waals surface area contributed by atoms with E-state index in [1.54, 1.807) is 0 Å². The van der Waals surface area contributed by atoms with Crippen molar-refractivity contribution in [1.29, 1.82) is 0 Å². The number of para-hydroxylation sites is 2. The van der Waals surface area contributed by atoms with Crippen LogP contribution in [-0.2, 0) is 4.79 Å². The quantitative estimate of drug-likeness (QED) is 0.542. The fraction of sp³-hybridized carbons (Fsp3) is 0.517. The van der Waals surface area contributed by atoms with Crippen molar-refractivity contribution < 1.29 is 23.4 Å². The summed E-state index contributed by atoms with van der Waals surface area (Å²) < 4.78 is 8.03. The Hall–Kier alpha value is -2.53. The van der Waals surface area contributed by atoms with Gasteiger partial charge in [0.15, 0.2) is 0 Å². The molecule has 3 aromatic rings. The van der Waals surface area contributed by atoms with Gasteiger partial charge in [-0.25, -0.2) is 4.98 Å². The monoisotopic (exact) mass is 495 g/mol. The van der Waals surface area contributed by atoms with E-state index in [0.29, 0.717) is 18.6 Å². The Morgan fingerprint density at radius 1 is 1.03 bits per heavy atom. The number of aromatic nitrogens is 2. The van der Waals surface area contributed by atoms with E-state index in [1.165, 1.54) is 38.5 Å². The normalized spacial score (nSPS) is 18.1. The highest BCUT2D eigenvalue weighted by atomic mass is 35.5. The molecule has 5 nitrogen and oxygen atoms in total. The maximum absolute atomic E-state index is 14.0. The maximum Gasteiger partial charge on any atom is 1.00 e. The third kappa shape index (κ3) is 5.66. The van der Waals surface area contributed by atoms with Crippen LogP contribution in [0.25, 0.3) is 22.4 Å². The molecule has 2 aromatic carbocycles. The number of carbonyl (C=O) groups is 1. The van der Waals surface area contributed by atoms with Gasteiger partial charge in [0.25, 0.3) is 0 Å². The number of amides is 1. The lowest BCUT2D eigenvalue weighted by molar-refractivity contribution is -0.127. The number of rotatable bonds is 7. The maximum atomic E-state index is 14.0. The first-order valence-corrected chi connectivity index (χ1v) is 13.2. The molecule has 1 heterocycles. The van der Waals surface area contributed by atoms with Crippen LogP contribution < -0.4 is 22.5 Å². The zero-order chi connectivity index (χ0) is 23.3. The molecule has 0 bridgehead atoms. The number of nitrogens with zero attached hydrogens (tertiary/aromatic N) is 2. The van der Waals surface area contributed by atoms with Crippen molar-refractivity contribution in [2.45, 2.75) is 83.2 Å². The van der Waals surface area contributed by atoms with Crippen LogP contribution in [0.1, 0.15) is 78.6 Å². The summed E-state index contributed by atoms with van der Waals surface area (Å²) >= 11 is 0. The first-order chi connectivity index (χ1) is 16.7. The SMILES string of the molecule is CCOc1cccc(-c2nc3ccccc3n2C(C(=O)NC2CCCCC2)C2CCCCC2)c1.[Cl-].[H+]. The summed E-state index contributed by atoms with van der Waals surface area (Å²) in [6.45, 7) is 2.62. The van der Waals surface area contributed by atoms with Gasteiger partial charge in [0, 0.05) is 11.6 Å². The van der Waals surface area contributed by atoms with Gasteiger partial charge in [-0.3, -0.25) is 4.79 Å². The van der Waals surface area contributed by atoms with Gasteiger partial charge in [-0.1, -0.05) is 62.8 Å². The van der Waals surface area contributed by atoms with Crippen LogP contribution in [0.15, 0.2) is 48.5 Å². The molecule has 5 rings (SSSR count). The van der Waals surface area contributed by atoms with Crippen molar-refractivity contribution in [3.05, 3.63) is 48.5 Å². The summed E-state index contributed by atoms with van der Waals surface area (Å²) in [6, 6.07) is 16.4. The Morgan fingerprint density at radius 2 is 1.74 bits per heavy atom. The van der Waals surface area contributed by atoms with Crippen LogP contribution in [0, 0.1) is 5.92 Å². The summed E-state index contributed by atoms with van der Waals surface area (Å²) in [5.41, 5.74) is 2.97. The molecule has 1 aromatic heterocycles. The second-order valence-corrected chi connectivity index (χ2v) is 9.94. The van der Waals surface area contributed by atoms with Gasteiger partial charge in [0.2, 0.25) is 5.91 Å². The Morgan fingerprint density at radius 3 is 2.49 bits per heavy atom. The number of ether oxygens (including phenoxy) is 1. The van der Waals surface area contributed by atoms with Gasteiger partial charge in [0.1, 0.15) is 17.6 Å². The van der Waals surface area contributed by atoms with Crippen LogP contribution in [0.3, 0.4) is 0 Å². The number of hydrogen-bond donors (Lipinski definition) is 1. The predicted octanol–water partition coefficient (Wildman–Crippen LogP) is 3.79. The Balaban J connectivity index is 0.00000180. The van der Waals surface area contributed by atoms with E-state index in [-0.39, 0.29) is 25.8 Å². The smallest absolute Gasteiger partial charge is 1.00 e. The highest BCUT2D eigenvalue weighted by molar-refractivity contribution is 5.87. The minimum absolute atomic E-state index is 0. The molecule has 0 aliphatic heterocycles. The number of fused-ring (bicyclic) bond motifs is 1. The molecular formula is C29H38ClN3O2. The molecular weight excluding hydrogens is 458 g/mol. The molecule has 6 heteroatoms. The van der Waals surface area contributed by atoms with Crippen LogP contribution in [0.4, 0.5) is 0 Å². The minimum Gasteiger partial charge on any atom is -1.00 e. The largest absolute Gasteiger partial charge is 1.00 e. The van der Waals surface area contributed by atoms with Crippen molar-refractivity contribution in [1.82, 2.24) is 14.9 Å². The van der Waals surface area contributed by atoms with E-state index in [2.05, 4.69) is 40.2 Å². The van der Waals surface area contributed by atoms with Crippen molar-refractivity contribution in [2.75, 3.05) is 6.61 Å². The molecule has 0 radical (unpaired) electrons. The summed E-state index contributed by atoms with van der Waals surface area (Å²) in [5.74, 6) is 2.18. The van der Waals surface area contributed by atoms with E-state index >= 15 is 0 Å². The molecule has 2 fully saturated rings. The Bertz CT molecular complexity index is 1120. The van der Waals surface area contributed by atoms with Gasteiger partial charge in [-0.15, -0.1) is 0 Å². The van der Waals surface area contributed by atoms with Gasteiger partial charge in [-0.05, 0) is 62.8 Å². The number of imidazole rings is 1. The van der Waals surface area contributed by atoms with E-state index in [1.807, 2.05) is 25.1 Å². The van der Waals surface area contributed by atoms with Gasteiger partial charge in [0.05, 0.1) is 17.6 Å². The Kier molecular flexibility index (Phi) is 8.72. The highest BCUT2D eigenvalue weighted by Gasteiger charge is 2.35. The fourth-order valence-electron chi connectivity index (χ4n) is 5.95. The van der Waals surface area contributed by atoms with Gasteiger partial charge < -0.3 is 27.0 Å². The molecule has 1 amide bonds. The average molecular weight is 496 g/mol. The number of halogens is 1. The third-order valence-electron chi connectivity index (χ3n) is 7.59. The van der Waals surface area contributed by atoms with Crippen LogP contribution >= 0.6 is 0 Å². The lowest BCUT2D eigenvalue weighted by Crippen LogP contribution is -3.00. The average Bonchev–Trinajstić information content (AvgIpc) is 3.25. The van der Waals surface area contributed by atoms with E-state index in [0.717, 1.165) is 53.9 Å². The van der Waals surface area contributed by atoms with Gasteiger partial charge >= 0.3 is 1.43 Å². The van der Waals surface area contributed by atoms with Crippen molar-refractivity contribution in [2.24, 2.45) is 5.92 Å². The molecule has 0 saturated heterocycles. The van der Waals surface area contributed by atoms with Gasteiger partial charge in [-0.2, -0.15) is 0 Å². The molecule has 2 aliphatic carbocycles. The molecule has 188 valence electrons. The van der Waals surface area contributed by atoms with Crippen LogP contribution in [-0.4, -0.2) is 28.1 Å². The first-order valence-electron chi connectivity index (χ1n) is 13.2. The third-order valence-corrected chi connectivity index (χ3v) is 7.59. The molecule has 1 unspecified atom stereocenters. The van der Waals surface area contributed by atoms with Crippen LogP contribution in [0.2, 0.25) is 0 Å². The second kappa shape index (κ2) is 11.9. The molecule has 1 N–H and O–H groups in total. The summed E-state index contributed by atoms with van der Waals surface area (Å²) in [7, 11) is 0.